The predicted octanol–water partition coefficient (Wildman–Crippen LogP) is 3.19. The van der Waals surface area contributed by atoms with Gasteiger partial charge in [-0.15, -0.1) is 0 Å². The van der Waals surface area contributed by atoms with Gasteiger partial charge in [-0.1, -0.05) is 18.0 Å². The van der Waals surface area contributed by atoms with Crippen molar-refractivity contribution in [3.8, 4) is 0 Å². The van der Waals surface area contributed by atoms with E-state index in [9.17, 15) is 4.79 Å². The second-order valence-corrected chi connectivity index (χ2v) is 5.46. The minimum atomic E-state index is -0.131. The highest BCUT2D eigenvalue weighted by atomic mass is 35.5. The van der Waals surface area contributed by atoms with E-state index in [-0.39, 0.29) is 5.91 Å². The van der Waals surface area contributed by atoms with Gasteiger partial charge in [-0.3, -0.25) is 4.79 Å². The molecule has 1 aromatic carbocycles. The van der Waals surface area contributed by atoms with Crippen molar-refractivity contribution in [2.45, 2.75) is 19.3 Å². The fourth-order valence-corrected chi connectivity index (χ4v) is 2.26. The number of hydrogen-bond donors (Lipinski definition) is 2. The van der Waals surface area contributed by atoms with Gasteiger partial charge in [0.1, 0.15) is 0 Å². The van der Waals surface area contributed by atoms with Crippen LogP contribution in [0.1, 0.15) is 29.6 Å². The molecule has 0 aliphatic heterocycles. The van der Waals surface area contributed by atoms with E-state index in [1.807, 2.05) is 11.8 Å². The molecular formula is C13H19ClN2OS. The Morgan fingerprint density at radius 2 is 2.17 bits per heavy atom. The lowest BCUT2D eigenvalue weighted by Gasteiger charge is -2.07. The zero-order valence-corrected chi connectivity index (χ0v) is 12.1. The van der Waals surface area contributed by atoms with Gasteiger partial charge in [0.15, 0.2) is 0 Å². The first-order chi connectivity index (χ1) is 8.65. The molecule has 3 nitrogen and oxygen atoms in total. The fraction of sp³-hybridized carbons (Fsp3) is 0.462. The number of nitrogen functional groups attached to an aromatic ring is 1. The quantitative estimate of drug-likeness (QED) is 0.598. The normalized spacial score (nSPS) is 10.3. The van der Waals surface area contributed by atoms with Gasteiger partial charge in [0, 0.05) is 17.3 Å². The molecular weight excluding hydrogens is 268 g/mol. The number of anilines is 1. The Labute approximate surface area is 117 Å². The van der Waals surface area contributed by atoms with Crippen LogP contribution in [0.2, 0.25) is 5.02 Å². The van der Waals surface area contributed by atoms with E-state index in [1.165, 1.54) is 12.2 Å². The van der Waals surface area contributed by atoms with Gasteiger partial charge in [-0.2, -0.15) is 11.8 Å². The van der Waals surface area contributed by atoms with Crippen molar-refractivity contribution >= 4 is 35.0 Å². The van der Waals surface area contributed by atoms with E-state index in [1.54, 1.807) is 18.2 Å². The standard InChI is InChI=1S/C13H19ClN2OS/c1-18-8-4-2-3-7-16-13(17)11-6-5-10(14)9-12(11)15/h5-6,9H,2-4,7-8,15H2,1H3,(H,16,17). The number of benzene rings is 1. The summed E-state index contributed by atoms with van der Waals surface area (Å²) >= 11 is 7.63. The van der Waals surface area contributed by atoms with Gasteiger partial charge in [0.05, 0.1) is 5.56 Å². The summed E-state index contributed by atoms with van der Waals surface area (Å²) in [6.07, 6.45) is 5.43. The first-order valence-corrected chi connectivity index (χ1v) is 7.74. The molecule has 0 saturated carbocycles. The number of unbranched alkanes of at least 4 members (excludes halogenated alkanes) is 2. The Morgan fingerprint density at radius 1 is 1.39 bits per heavy atom. The number of rotatable bonds is 7. The largest absolute Gasteiger partial charge is 0.398 e. The first kappa shape index (κ1) is 15.2. The maximum atomic E-state index is 11.8. The number of carbonyl (C=O) groups is 1. The van der Waals surface area contributed by atoms with Gasteiger partial charge in [0.25, 0.3) is 5.91 Å². The number of nitrogens with one attached hydrogen (secondary N) is 1. The highest BCUT2D eigenvalue weighted by molar-refractivity contribution is 7.98. The Kier molecular flexibility index (Phi) is 6.98. The molecule has 5 heteroatoms. The molecule has 0 atom stereocenters. The SMILES string of the molecule is CSCCCCCNC(=O)c1ccc(Cl)cc1N. The lowest BCUT2D eigenvalue weighted by atomic mass is 10.1. The summed E-state index contributed by atoms with van der Waals surface area (Å²) in [6.45, 7) is 0.690. The van der Waals surface area contributed by atoms with E-state index in [0.29, 0.717) is 22.8 Å². The third-order valence-corrected chi connectivity index (χ3v) is 3.50. The molecule has 0 aliphatic carbocycles. The summed E-state index contributed by atoms with van der Waals surface area (Å²) in [5.74, 6) is 1.05. The van der Waals surface area contributed by atoms with E-state index in [0.717, 1.165) is 12.8 Å². The van der Waals surface area contributed by atoms with E-state index < -0.39 is 0 Å². The summed E-state index contributed by atoms with van der Waals surface area (Å²) in [5, 5.41) is 3.41. The molecule has 0 aromatic heterocycles. The third-order valence-electron chi connectivity index (χ3n) is 2.57. The molecule has 1 aromatic rings. The minimum Gasteiger partial charge on any atom is -0.398 e. The molecule has 0 spiro atoms. The molecule has 0 heterocycles. The van der Waals surface area contributed by atoms with Gasteiger partial charge in [-0.25, -0.2) is 0 Å². The van der Waals surface area contributed by atoms with E-state index in [2.05, 4.69) is 11.6 Å². The highest BCUT2D eigenvalue weighted by Gasteiger charge is 2.08. The fourth-order valence-electron chi connectivity index (χ4n) is 1.59. The molecule has 0 unspecified atom stereocenters. The lowest BCUT2D eigenvalue weighted by molar-refractivity contribution is 0.0954. The summed E-state index contributed by atoms with van der Waals surface area (Å²) < 4.78 is 0. The van der Waals surface area contributed by atoms with Gasteiger partial charge >= 0.3 is 0 Å². The lowest BCUT2D eigenvalue weighted by Crippen LogP contribution is -2.25. The highest BCUT2D eigenvalue weighted by Crippen LogP contribution is 2.17. The van der Waals surface area contributed by atoms with Crippen LogP contribution in [0.15, 0.2) is 18.2 Å². The third kappa shape index (κ3) is 5.19. The Morgan fingerprint density at radius 3 is 2.83 bits per heavy atom. The molecule has 0 fully saturated rings. The maximum Gasteiger partial charge on any atom is 0.253 e. The van der Waals surface area contributed by atoms with Gasteiger partial charge < -0.3 is 11.1 Å². The molecule has 0 aliphatic rings. The number of amides is 1. The van der Waals surface area contributed by atoms with Crippen LogP contribution in [0, 0.1) is 0 Å². The second-order valence-electron chi connectivity index (χ2n) is 4.04. The van der Waals surface area contributed by atoms with Gasteiger partial charge in [-0.05, 0) is 43.0 Å². The molecule has 0 saturated heterocycles. The van der Waals surface area contributed by atoms with Crippen LogP contribution in [0.5, 0.6) is 0 Å². The van der Waals surface area contributed by atoms with Crippen LogP contribution in [0.4, 0.5) is 5.69 Å². The zero-order chi connectivity index (χ0) is 13.4. The van der Waals surface area contributed by atoms with Crippen LogP contribution in [0.3, 0.4) is 0 Å². The second kappa shape index (κ2) is 8.27. The number of carbonyl (C=O) groups excluding carboxylic acids is 1. The average molecular weight is 287 g/mol. The summed E-state index contributed by atoms with van der Waals surface area (Å²) in [5.41, 5.74) is 6.65. The summed E-state index contributed by atoms with van der Waals surface area (Å²) in [4.78, 5) is 11.8. The Balaban J connectivity index is 2.32. The monoisotopic (exact) mass is 286 g/mol. The van der Waals surface area contributed by atoms with Crippen LogP contribution in [-0.4, -0.2) is 24.5 Å². The number of halogens is 1. The summed E-state index contributed by atoms with van der Waals surface area (Å²) in [7, 11) is 0. The molecule has 1 rings (SSSR count). The van der Waals surface area contributed by atoms with E-state index >= 15 is 0 Å². The van der Waals surface area contributed by atoms with Crippen molar-refractivity contribution in [1.82, 2.24) is 5.32 Å². The van der Waals surface area contributed by atoms with Crippen molar-refractivity contribution in [3.63, 3.8) is 0 Å². The van der Waals surface area contributed by atoms with Crippen LogP contribution < -0.4 is 11.1 Å². The van der Waals surface area contributed by atoms with Crippen molar-refractivity contribution < 1.29 is 4.79 Å². The smallest absolute Gasteiger partial charge is 0.253 e. The number of hydrogen-bond acceptors (Lipinski definition) is 3. The van der Waals surface area contributed by atoms with Crippen molar-refractivity contribution in [2.24, 2.45) is 0 Å². The molecule has 0 bridgehead atoms. The van der Waals surface area contributed by atoms with E-state index in [4.69, 9.17) is 17.3 Å². The molecule has 0 radical (unpaired) electrons. The minimum absolute atomic E-state index is 0.131. The Hall–Kier alpha value is -0.870. The van der Waals surface area contributed by atoms with Crippen molar-refractivity contribution in [1.29, 1.82) is 0 Å². The van der Waals surface area contributed by atoms with Crippen LogP contribution >= 0.6 is 23.4 Å². The molecule has 3 N–H and O–H groups in total. The molecule has 18 heavy (non-hydrogen) atoms. The van der Waals surface area contributed by atoms with Gasteiger partial charge in [0.2, 0.25) is 0 Å². The maximum absolute atomic E-state index is 11.8. The first-order valence-electron chi connectivity index (χ1n) is 5.97. The number of thioether (sulfide) groups is 1. The molecule has 1 amide bonds. The van der Waals surface area contributed by atoms with Crippen molar-refractivity contribution in [2.75, 3.05) is 24.3 Å². The summed E-state index contributed by atoms with van der Waals surface area (Å²) in [6, 6.07) is 4.92. The van der Waals surface area contributed by atoms with Crippen LogP contribution in [-0.2, 0) is 0 Å². The van der Waals surface area contributed by atoms with Crippen molar-refractivity contribution in [3.05, 3.63) is 28.8 Å². The predicted molar refractivity (Wildman–Crippen MR) is 80.4 cm³/mol. The number of nitrogens with two attached hydrogens (primary N) is 1. The molecule has 100 valence electrons. The average Bonchev–Trinajstić information content (AvgIpc) is 2.33. The zero-order valence-electron chi connectivity index (χ0n) is 10.5. The Bertz CT molecular complexity index is 399. The topological polar surface area (TPSA) is 55.1 Å². The van der Waals surface area contributed by atoms with Crippen LogP contribution in [0.25, 0.3) is 0 Å².